The van der Waals surface area contributed by atoms with Crippen molar-refractivity contribution in [3.8, 4) is 11.5 Å². The summed E-state index contributed by atoms with van der Waals surface area (Å²) in [5, 5.41) is 9.65. The van der Waals surface area contributed by atoms with Crippen LogP contribution in [0.5, 0.6) is 11.5 Å². The summed E-state index contributed by atoms with van der Waals surface area (Å²) >= 11 is 0. The first-order chi connectivity index (χ1) is 14.0. The molecule has 1 aliphatic rings. The number of rotatable bonds is 6. The van der Waals surface area contributed by atoms with Crippen LogP contribution in [0, 0.1) is 0 Å². The van der Waals surface area contributed by atoms with Crippen molar-refractivity contribution >= 4 is 14.1 Å². The van der Waals surface area contributed by atoms with Gasteiger partial charge in [0.1, 0.15) is 17.3 Å². The summed E-state index contributed by atoms with van der Waals surface area (Å²) in [4.78, 5) is 12.3. The van der Waals surface area contributed by atoms with Gasteiger partial charge in [-0.05, 0) is 66.4 Å². The molecule has 0 bridgehead atoms. The number of hydrogen-bond donors (Lipinski definition) is 1. The van der Waals surface area contributed by atoms with E-state index >= 15 is 0 Å². The molecule has 0 spiro atoms. The summed E-state index contributed by atoms with van der Waals surface area (Å²) in [5.41, 5.74) is 2.17. The minimum atomic E-state index is -1.83. The van der Waals surface area contributed by atoms with E-state index in [1.807, 2.05) is 12.1 Å². The molecule has 0 aliphatic carbocycles. The number of aryl methyl sites for hydroxylation is 1. The van der Waals surface area contributed by atoms with Crippen LogP contribution >= 0.6 is 0 Å². The fourth-order valence-corrected chi connectivity index (χ4v) is 4.46. The van der Waals surface area contributed by atoms with E-state index in [4.69, 9.17) is 9.16 Å². The lowest BCUT2D eigenvalue weighted by atomic mass is 9.94. The maximum atomic E-state index is 12.3. The Bertz CT molecular complexity index is 850. The van der Waals surface area contributed by atoms with Crippen LogP contribution in [0.4, 0.5) is 0 Å². The zero-order chi connectivity index (χ0) is 21.9. The van der Waals surface area contributed by atoms with Crippen molar-refractivity contribution in [3.63, 3.8) is 0 Å². The minimum absolute atomic E-state index is 0.0757. The number of aromatic hydroxyl groups is 1. The van der Waals surface area contributed by atoms with E-state index < -0.39 is 8.32 Å². The van der Waals surface area contributed by atoms with Gasteiger partial charge in [0.2, 0.25) is 8.32 Å². The van der Waals surface area contributed by atoms with Crippen molar-refractivity contribution < 1.29 is 19.1 Å². The normalized spacial score (nSPS) is 20.2. The number of hydrogen-bond acceptors (Lipinski definition) is 4. The molecule has 0 radical (unpaired) electrons. The maximum Gasteiger partial charge on any atom is 0.250 e. The lowest BCUT2D eigenvalue weighted by molar-refractivity contribution is -0.136. The second kappa shape index (κ2) is 8.94. The van der Waals surface area contributed by atoms with Gasteiger partial charge in [-0.1, -0.05) is 45.0 Å². The summed E-state index contributed by atoms with van der Waals surface area (Å²) in [6.45, 7) is 11.2. The van der Waals surface area contributed by atoms with Crippen molar-refractivity contribution in [1.29, 1.82) is 0 Å². The van der Waals surface area contributed by atoms with Gasteiger partial charge in [-0.15, -0.1) is 0 Å². The average Bonchev–Trinajstić information content (AvgIpc) is 2.66. The van der Waals surface area contributed by atoms with Gasteiger partial charge in [0.25, 0.3) is 0 Å². The standard InChI is InChI=1S/C25H34O4Si/c1-25(2,3)30(4,5)29-22-13-6-18(7-14-22)8-15-23-16-21(27)17-24(28-23)19-9-11-20(26)12-10-19/h6-7,9-14,23-24,26H,8,15-17H2,1-5H3/t23-,24+/m0/s1. The van der Waals surface area contributed by atoms with Crippen LogP contribution in [0.3, 0.4) is 0 Å². The molecule has 3 rings (SSSR count). The summed E-state index contributed by atoms with van der Waals surface area (Å²) in [6.07, 6.45) is 2.25. The Balaban J connectivity index is 1.57. The molecule has 1 aliphatic heterocycles. The monoisotopic (exact) mass is 426 g/mol. The largest absolute Gasteiger partial charge is 0.544 e. The third-order valence-corrected chi connectivity index (χ3v) is 10.7. The van der Waals surface area contributed by atoms with E-state index in [1.54, 1.807) is 12.1 Å². The predicted molar refractivity (Wildman–Crippen MR) is 123 cm³/mol. The van der Waals surface area contributed by atoms with Crippen molar-refractivity contribution in [2.24, 2.45) is 0 Å². The van der Waals surface area contributed by atoms with Gasteiger partial charge in [-0.2, -0.15) is 0 Å². The molecule has 2 atom stereocenters. The van der Waals surface area contributed by atoms with Crippen LogP contribution in [0.25, 0.3) is 0 Å². The van der Waals surface area contributed by atoms with Crippen LogP contribution in [-0.2, 0) is 16.0 Å². The van der Waals surface area contributed by atoms with Gasteiger partial charge in [0, 0.05) is 12.8 Å². The molecular formula is C25H34O4Si. The van der Waals surface area contributed by atoms with Gasteiger partial charge in [-0.25, -0.2) is 0 Å². The molecule has 162 valence electrons. The van der Waals surface area contributed by atoms with E-state index in [0.29, 0.717) is 12.8 Å². The highest BCUT2D eigenvalue weighted by atomic mass is 28.4. The lowest BCUT2D eigenvalue weighted by Gasteiger charge is -2.36. The molecule has 0 aromatic heterocycles. The highest BCUT2D eigenvalue weighted by Crippen LogP contribution is 2.37. The van der Waals surface area contributed by atoms with E-state index in [0.717, 1.165) is 24.2 Å². The number of phenols is 1. The van der Waals surface area contributed by atoms with Crippen molar-refractivity contribution in [3.05, 3.63) is 59.7 Å². The number of carbonyl (C=O) groups is 1. The van der Waals surface area contributed by atoms with E-state index in [1.165, 1.54) is 5.56 Å². The fourth-order valence-electron chi connectivity index (χ4n) is 3.43. The highest BCUT2D eigenvalue weighted by Gasteiger charge is 2.39. The Morgan fingerprint density at radius 1 is 1.03 bits per heavy atom. The number of carbonyl (C=O) groups excluding carboxylic acids is 1. The molecule has 0 unspecified atom stereocenters. The van der Waals surface area contributed by atoms with Gasteiger partial charge in [-0.3, -0.25) is 4.79 Å². The highest BCUT2D eigenvalue weighted by molar-refractivity contribution is 6.74. The number of benzene rings is 2. The first-order valence-corrected chi connectivity index (χ1v) is 13.7. The summed E-state index contributed by atoms with van der Waals surface area (Å²) < 4.78 is 12.6. The molecule has 30 heavy (non-hydrogen) atoms. The number of ketones is 1. The molecule has 5 heteroatoms. The number of Topliss-reactive ketones (excluding diaryl/α,β-unsaturated/α-hetero) is 1. The van der Waals surface area contributed by atoms with Crippen LogP contribution in [0.2, 0.25) is 18.1 Å². The Labute approximate surface area is 181 Å². The molecular weight excluding hydrogens is 392 g/mol. The number of phenolic OH excluding ortho intramolecular Hbond substituents is 1. The molecule has 4 nitrogen and oxygen atoms in total. The van der Waals surface area contributed by atoms with Gasteiger partial charge in [0.05, 0.1) is 12.2 Å². The summed E-state index contributed by atoms with van der Waals surface area (Å²) in [7, 11) is -1.83. The van der Waals surface area contributed by atoms with E-state index in [2.05, 4.69) is 58.1 Å². The van der Waals surface area contributed by atoms with Gasteiger partial charge >= 0.3 is 0 Å². The molecule has 0 amide bonds. The molecule has 1 N–H and O–H groups in total. The Hall–Kier alpha value is -2.11. The molecule has 1 fully saturated rings. The van der Waals surface area contributed by atoms with Crippen LogP contribution in [0.15, 0.2) is 48.5 Å². The Morgan fingerprint density at radius 3 is 2.27 bits per heavy atom. The van der Waals surface area contributed by atoms with Crippen LogP contribution < -0.4 is 4.43 Å². The molecule has 2 aromatic rings. The van der Waals surface area contributed by atoms with Gasteiger partial charge in [0.15, 0.2) is 0 Å². The molecule has 2 aromatic carbocycles. The lowest BCUT2D eigenvalue weighted by Crippen LogP contribution is -2.43. The quantitative estimate of drug-likeness (QED) is 0.559. The second-order valence-electron chi connectivity index (χ2n) is 9.83. The van der Waals surface area contributed by atoms with Crippen molar-refractivity contribution in [2.45, 2.75) is 76.8 Å². The summed E-state index contributed by atoms with van der Waals surface area (Å²) in [6, 6.07) is 15.3. The zero-order valence-corrected chi connectivity index (χ0v) is 19.8. The van der Waals surface area contributed by atoms with Crippen molar-refractivity contribution in [1.82, 2.24) is 0 Å². The van der Waals surface area contributed by atoms with E-state index in [9.17, 15) is 9.90 Å². The second-order valence-corrected chi connectivity index (χ2v) is 14.6. The summed E-state index contributed by atoms with van der Waals surface area (Å²) in [5.74, 6) is 1.39. The average molecular weight is 427 g/mol. The first-order valence-electron chi connectivity index (χ1n) is 10.8. The third-order valence-electron chi connectivity index (χ3n) is 6.35. The third kappa shape index (κ3) is 5.73. The Kier molecular flexibility index (Phi) is 6.73. The topological polar surface area (TPSA) is 55.8 Å². The van der Waals surface area contributed by atoms with Crippen molar-refractivity contribution in [2.75, 3.05) is 0 Å². The predicted octanol–water partition coefficient (Wildman–Crippen LogP) is 6.20. The number of ether oxygens (including phenoxy) is 1. The minimum Gasteiger partial charge on any atom is -0.544 e. The molecule has 0 saturated carbocycles. The van der Waals surface area contributed by atoms with Gasteiger partial charge < -0.3 is 14.3 Å². The van der Waals surface area contributed by atoms with Crippen LogP contribution in [0.1, 0.15) is 57.3 Å². The molecule has 1 saturated heterocycles. The fraction of sp³-hybridized carbons (Fsp3) is 0.480. The smallest absolute Gasteiger partial charge is 0.250 e. The zero-order valence-electron chi connectivity index (χ0n) is 18.8. The van der Waals surface area contributed by atoms with Crippen LogP contribution in [-0.4, -0.2) is 25.3 Å². The SMILES string of the molecule is CC(C)(C)[Si](C)(C)Oc1ccc(CC[C@H]2CC(=O)C[C@H](c3ccc(O)cc3)O2)cc1. The molecule has 1 heterocycles. The first kappa shape index (κ1) is 22.6. The Morgan fingerprint density at radius 2 is 1.67 bits per heavy atom. The van der Waals surface area contributed by atoms with E-state index in [-0.39, 0.29) is 28.8 Å². The maximum absolute atomic E-state index is 12.3.